The first-order chi connectivity index (χ1) is 6.15. The Hall–Kier alpha value is -1.10. The molecule has 74 valence electrons. The SMILES string of the molecule is CNCC(C)N1CC(=O)NCC1=O. The molecule has 5 nitrogen and oxygen atoms in total. The van der Waals surface area contributed by atoms with Gasteiger partial charge in [0.15, 0.2) is 0 Å². The molecule has 1 saturated heterocycles. The lowest BCUT2D eigenvalue weighted by Gasteiger charge is -2.31. The predicted octanol–water partition coefficient (Wildman–Crippen LogP) is -1.45. The molecule has 0 aromatic carbocycles. The number of nitrogens with zero attached hydrogens (tertiary/aromatic N) is 1. The summed E-state index contributed by atoms with van der Waals surface area (Å²) >= 11 is 0. The summed E-state index contributed by atoms with van der Waals surface area (Å²) in [7, 11) is 1.82. The topological polar surface area (TPSA) is 61.4 Å². The molecule has 2 amide bonds. The van der Waals surface area contributed by atoms with Gasteiger partial charge in [0.2, 0.25) is 11.8 Å². The second kappa shape index (κ2) is 4.23. The fourth-order valence-electron chi connectivity index (χ4n) is 1.38. The summed E-state index contributed by atoms with van der Waals surface area (Å²) in [6.07, 6.45) is 0. The molecular weight excluding hydrogens is 170 g/mol. The highest BCUT2D eigenvalue weighted by Crippen LogP contribution is 2.01. The maximum Gasteiger partial charge on any atom is 0.242 e. The van der Waals surface area contributed by atoms with E-state index in [4.69, 9.17) is 0 Å². The number of hydrogen-bond acceptors (Lipinski definition) is 3. The van der Waals surface area contributed by atoms with Crippen molar-refractivity contribution in [3.8, 4) is 0 Å². The maximum absolute atomic E-state index is 11.3. The first-order valence-corrected chi connectivity index (χ1v) is 4.36. The van der Waals surface area contributed by atoms with Gasteiger partial charge in [-0.1, -0.05) is 0 Å². The van der Waals surface area contributed by atoms with Crippen molar-refractivity contribution in [3.63, 3.8) is 0 Å². The van der Waals surface area contributed by atoms with Crippen LogP contribution in [0, 0.1) is 0 Å². The molecule has 1 aliphatic rings. The third-order valence-corrected chi connectivity index (χ3v) is 2.10. The second-order valence-electron chi connectivity index (χ2n) is 3.21. The minimum Gasteiger partial charge on any atom is -0.345 e. The number of rotatable bonds is 3. The Morgan fingerprint density at radius 1 is 1.62 bits per heavy atom. The minimum absolute atomic E-state index is 0.0117. The molecule has 0 aromatic rings. The zero-order chi connectivity index (χ0) is 9.84. The average Bonchev–Trinajstić information content (AvgIpc) is 2.09. The smallest absolute Gasteiger partial charge is 0.242 e. The van der Waals surface area contributed by atoms with Gasteiger partial charge in [-0.3, -0.25) is 9.59 Å². The van der Waals surface area contributed by atoms with E-state index in [1.54, 1.807) is 4.90 Å². The standard InChI is InChI=1S/C8H15N3O2/c1-6(3-9-2)11-5-7(12)10-4-8(11)13/h6,9H,3-5H2,1-2H3,(H,10,12). The molecule has 0 bridgehead atoms. The summed E-state index contributed by atoms with van der Waals surface area (Å²) in [6.45, 7) is 2.95. The van der Waals surface area contributed by atoms with Gasteiger partial charge in [-0.2, -0.15) is 0 Å². The lowest BCUT2D eigenvalue weighted by Crippen LogP contribution is -2.56. The molecule has 0 aliphatic carbocycles. The van der Waals surface area contributed by atoms with E-state index in [9.17, 15) is 9.59 Å². The van der Waals surface area contributed by atoms with E-state index in [0.29, 0.717) is 6.54 Å². The van der Waals surface area contributed by atoms with Gasteiger partial charge < -0.3 is 15.5 Å². The number of nitrogens with one attached hydrogen (secondary N) is 2. The molecule has 1 rings (SSSR count). The molecular formula is C8H15N3O2. The molecule has 1 aliphatic heterocycles. The van der Waals surface area contributed by atoms with Gasteiger partial charge in [0.1, 0.15) is 0 Å². The van der Waals surface area contributed by atoms with Gasteiger partial charge in [0, 0.05) is 12.6 Å². The summed E-state index contributed by atoms with van der Waals surface area (Å²) in [5.74, 6) is -0.0927. The van der Waals surface area contributed by atoms with E-state index >= 15 is 0 Å². The normalized spacial score (nSPS) is 20.0. The number of hydrogen-bond donors (Lipinski definition) is 2. The molecule has 1 heterocycles. The van der Waals surface area contributed by atoms with Crippen molar-refractivity contribution < 1.29 is 9.59 Å². The van der Waals surface area contributed by atoms with Crippen molar-refractivity contribution in [2.75, 3.05) is 26.7 Å². The van der Waals surface area contributed by atoms with E-state index in [0.717, 1.165) is 0 Å². The molecule has 0 radical (unpaired) electrons. The number of carbonyl (C=O) groups excluding carboxylic acids is 2. The lowest BCUT2D eigenvalue weighted by atomic mass is 10.2. The Labute approximate surface area is 77.5 Å². The van der Waals surface area contributed by atoms with Crippen LogP contribution in [0.25, 0.3) is 0 Å². The van der Waals surface area contributed by atoms with Gasteiger partial charge in [-0.15, -0.1) is 0 Å². The van der Waals surface area contributed by atoms with E-state index in [-0.39, 0.29) is 30.9 Å². The van der Waals surface area contributed by atoms with Crippen LogP contribution in [0.1, 0.15) is 6.92 Å². The molecule has 13 heavy (non-hydrogen) atoms. The predicted molar refractivity (Wildman–Crippen MR) is 48.1 cm³/mol. The molecule has 1 fully saturated rings. The van der Waals surface area contributed by atoms with Crippen molar-refractivity contribution in [2.45, 2.75) is 13.0 Å². The minimum atomic E-state index is -0.0810. The fraction of sp³-hybridized carbons (Fsp3) is 0.750. The molecule has 0 aromatic heterocycles. The van der Waals surface area contributed by atoms with Crippen LogP contribution in [0.3, 0.4) is 0 Å². The molecule has 0 saturated carbocycles. The third-order valence-electron chi connectivity index (χ3n) is 2.10. The fourth-order valence-corrected chi connectivity index (χ4v) is 1.38. The maximum atomic E-state index is 11.3. The van der Waals surface area contributed by atoms with E-state index in [1.807, 2.05) is 14.0 Å². The van der Waals surface area contributed by atoms with E-state index in [2.05, 4.69) is 10.6 Å². The van der Waals surface area contributed by atoms with Crippen molar-refractivity contribution in [2.24, 2.45) is 0 Å². The molecule has 2 N–H and O–H groups in total. The third kappa shape index (κ3) is 2.42. The van der Waals surface area contributed by atoms with E-state index in [1.165, 1.54) is 0 Å². The summed E-state index contributed by atoms with van der Waals surface area (Å²) < 4.78 is 0. The van der Waals surface area contributed by atoms with E-state index < -0.39 is 0 Å². The highest BCUT2D eigenvalue weighted by atomic mass is 16.2. The summed E-state index contributed by atoms with van der Waals surface area (Å²) in [5, 5.41) is 5.48. The van der Waals surface area contributed by atoms with Crippen LogP contribution in [-0.4, -0.2) is 49.4 Å². The summed E-state index contributed by atoms with van der Waals surface area (Å²) in [4.78, 5) is 23.9. The highest BCUT2D eigenvalue weighted by molar-refractivity contribution is 5.92. The van der Waals surface area contributed by atoms with Crippen LogP contribution in [0.2, 0.25) is 0 Å². The zero-order valence-corrected chi connectivity index (χ0v) is 7.96. The number of amides is 2. The van der Waals surface area contributed by atoms with Crippen LogP contribution < -0.4 is 10.6 Å². The lowest BCUT2D eigenvalue weighted by molar-refractivity contribution is -0.142. The molecule has 5 heteroatoms. The Kier molecular flexibility index (Phi) is 3.25. The molecule has 1 unspecified atom stereocenters. The second-order valence-corrected chi connectivity index (χ2v) is 3.21. The van der Waals surface area contributed by atoms with Crippen molar-refractivity contribution in [1.82, 2.24) is 15.5 Å². The monoisotopic (exact) mass is 185 g/mol. The zero-order valence-electron chi connectivity index (χ0n) is 7.96. The largest absolute Gasteiger partial charge is 0.345 e. The van der Waals surface area contributed by atoms with Crippen molar-refractivity contribution >= 4 is 11.8 Å². The molecule has 1 atom stereocenters. The van der Waals surface area contributed by atoms with Crippen molar-refractivity contribution in [1.29, 1.82) is 0 Å². The van der Waals surface area contributed by atoms with Gasteiger partial charge in [-0.25, -0.2) is 0 Å². The highest BCUT2D eigenvalue weighted by Gasteiger charge is 2.26. The van der Waals surface area contributed by atoms with Gasteiger partial charge in [-0.05, 0) is 14.0 Å². The van der Waals surface area contributed by atoms with Crippen LogP contribution in [-0.2, 0) is 9.59 Å². The van der Waals surface area contributed by atoms with Crippen molar-refractivity contribution in [3.05, 3.63) is 0 Å². The average molecular weight is 185 g/mol. The molecule has 0 spiro atoms. The quantitative estimate of drug-likeness (QED) is 0.565. The number of carbonyl (C=O) groups is 2. The van der Waals surface area contributed by atoms with Crippen LogP contribution >= 0.6 is 0 Å². The van der Waals surface area contributed by atoms with Crippen LogP contribution in [0.15, 0.2) is 0 Å². The van der Waals surface area contributed by atoms with Gasteiger partial charge >= 0.3 is 0 Å². The van der Waals surface area contributed by atoms with Gasteiger partial charge in [0.25, 0.3) is 0 Å². The Morgan fingerprint density at radius 2 is 2.31 bits per heavy atom. The summed E-state index contributed by atoms with van der Waals surface area (Å²) in [5.41, 5.74) is 0. The number of likely N-dealkylation sites (N-methyl/N-ethyl adjacent to an activating group) is 1. The van der Waals surface area contributed by atoms with Crippen LogP contribution in [0.5, 0.6) is 0 Å². The Morgan fingerprint density at radius 3 is 2.92 bits per heavy atom. The Balaban J connectivity index is 2.54. The Bertz CT molecular complexity index is 217. The first kappa shape index (κ1) is 9.98. The number of piperazine rings is 1. The first-order valence-electron chi connectivity index (χ1n) is 4.36. The van der Waals surface area contributed by atoms with Gasteiger partial charge in [0.05, 0.1) is 13.1 Å². The summed E-state index contributed by atoms with van der Waals surface area (Å²) in [6, 6.07) is 0.0727. The van der Waals surface area contributed by atoms with Crippen LogP contribution in [0.4, 0.5) is 0 Å².